The molecule has 6 atom stereocenters. The van der Waals surface area contributed by atoms with Gasteiger partial charge in [0.1, 0.15) is 18.8 Å². The molecule has 12 nitrogen and oxygen atoms in total. The summed E-state index contributed by atoms with van der Waals surface area (Å²) in [5.74, 6) is -3.22. The summed E-state index contributed by atoms with van der Waals surface area (Å²) in [5.41, 5.74) is 0. The number of rotatable bonds is 50. The number of esters is 3. The van der Waals surface area contributed by atoms with Gasteiger partial charge in [0.2, 0.25) is 0 Å². The second-order valence-corrected chi connectivity index (χ2v) is 20.3. The van der Waals surface area contributed by atoms with Crippen LogP contribution in [0.4, 0.5) is 0 Å². The first-order valence-electron chi connectivity index (χ1n) is 29.9. The van der Waals surface area contributed by atoms with Crippen molar-refractivity contribution in [3.63, 3.8) is 0 Å². The third-order valence-corrected chi connectivity index (χ3v) is 13.3. The number of aliphatic hydroxyl groups is 2. The zero-order chi connectivity index (χ0) is 54.7. The molecule has 1 saturated heterocycles. The molecule has 0 spiro atoms. The highest BCUT2D eigenvalue weighted by molar-refractivity contribution is 5.74. The van der Waals surface area contributed by atoms with Gasteiger partial charge in [-0.25, -0.2) is 4.79 Å². The summed E-state index contributed by atoms with van der Waals surface area (Å²) in [5, 5.41) is 31.5. The molecule has 0 bridgehead atoms. The molecule has 1 aliphatic heterocycles. The molecule has 6 unspecified atom stereocenters. The van der Waals surface area contributed by atoms with Gasteiger partial charge in [0.15, 0.2) is 24.6 Å². The summed E-state index contributed by atoms with van der Waals surface area (Å²) >= 11 is 0. The standard InChI is InChI=1S/C63H106O12/c1-4-7-10-13-16-19-22-24-26-27-28-29-31-32-35-37-40-43-46-49-55(64)71-52-54(73-56(65)50-47-44-41-38-34-21-18-15-12-9-6-3)53-72-63-61(59(68)58(67)60(75-63)62(69)70)74-57(66)51-48-45-42-39-36-33-30-25-23-20-17-14-11-8-5-2/h7,10,16,19,24,26,28-29,32,35,40,43,54,58-61,63,67-68H,4-6,8-9,11-15,17-18,20-23,25,27,30-31,33-34,36-39,41-42,44-53H2,1-3H3,(H,69,70)/b10-7-,19-16-,26-24-,29-28-,35-32-,43-40-. The molecule has 1 aliphatic rings. The summed E-state index contributed by atoms with van der Waals surface area (Å²) in [6, 6.07) is 0. The van der Waals surface area contributed by atoms with Gasteiger partial charge in [-0.05, 0) is 57.8 Å². The maximum atomic E-state index is 13.1. The predicted molar refractivity (Wildman–Crippen MR) is 303 cm³/mol. The van der Waals surface area contributed by atoms with E-state index in [1.807, 2.05) is 12.2 Å². The predicted octanol–water partition coefficient (Wildman–Crippen LogP) is 15.3. The monoisotopic (exact) mass is 1050 g/mol. The van der Waals surface area contributed by atoms with Crippen molar-refractivity contribution in [3.05, 3.63) is 72.9 Å². The van der Waals surface area contributed by atoms with Gasteiger partial charge in [-0.3, -0.25) is 14.4 Å². The molecule has 0 aromatic heterocycles. The Labute approximate surface area is 455 Å². The van der Waals surface area contributed by atoms with Gasteiger partial charge in [-0.15, -0.1) is 0 Å². The summed E-state index contributed by atoms with van der Waals surface area (Å²) in [7, 11) is 0. The van der Waals surface area contributed by atoms with E-state index in [0.717, 1.165) is 83.5 Å². The number of aliphatic hydroxyl groups excluding tert-OH is 2. The highest BCUT2D eigenvalue weighted by atomic mass is 16.7. The van der Waals surface area contributed by atoms with Crippen LogP contribution in [0.3, 0.4) is 0 Å². The maximum Gasteiger partial charge on any atom is 0.335 e. The highest BCUT2D eigenvalue weighted by Gasteiger charge is 2.50. The van der Waals surface area contributed by atoms with Gasteiger partial charge in [0, 0.05) is 19.3 Å². The second-order valence-electron chi connectivity index (χ2n) is 20.3. The lowest BCUT2D eigenvalue weighted by atomic mass is 9.98. The number of ether oxygens (including phenoxy) is 5. The van der Waals surface area contributed by atoms with E-state index in [9.17, 15) is 34.5 Å². The summed E-state index contributed by atoms with van der Waals surface area (Å²) < 4.78 is 28.3. The van der Waals surface area contributed by atoms with Crippen molar-refractivity contribution in [2.45, 2.75) is 289 Å². The van der Waals surface area contributed by atoms with E-state index in [1.54, 1.807) is 0 Å². The largest absolute Gasteiger partial charge is 0.479 e. The van der Waals surface area contributed by atoms with E-state index in [0.29, 0.717) is 19.3 Å². The normalized spacial score (nSPS) is 18.7. The highest BCUT2D eigenvalue weighted by Crippen LogP contribution is 2.26. The number of carbonyl (C=O) groups excluding carboxylic acids is 3. The fourth-order valence-electron chi connectivity index (χ4n) is 8.75. The van der Waals surface area contributed by atoms with Crippen molar-refractivity contribution in [1.29, 1.82) is 0 Å². The lowest BCUT2D eigenvalue weighted by Crippen LogP contribution is -2.61. The first-order valence-corrected chi connectivity index (χ1v) is 29.9. The topological polar surface area (TPSA) is 175 Å². The lowest BCUT2D eigenvalue weighted by Gasteiger charge is -2.40. The Morgan fingerprint density at radius 2 is 0.840 bits per heavy atom. The van der Waals surface area contributed by atoms with Crippen LogP contribution in [0.1, 0.15) is 252 Å². The number of allylic oxidation sites excluding steroid dienone is 12. The molecular formula is C63H106O12. The molecule has 75 heavy (non-hydrogen) atoms. The van der Waals surface area contributed by atoms with Crippen LogP contribution in [-0.2, 0) is 42.9 Å². The Hall–Kier alpha value is -3.84. The molecular weight excluding hydrogens is 949 g/mol. The van der Waals surface area contributed by atoms with Crippen LogP contribution < -0.4 is 0 Å². The molecule has 0 saturated carbocycles. The zero-order valence-electron chi connectivity index (χ0n) is 47.3. The zero-order valence-corrected chi connectivity index (χ0v) is 47.3. The van der Waals surface area contributed by atoms with Crippen molar-refractivity contribution in [1.82, 2.24) is 0 Å². The maximum absolute atomic E-state index is 13.1. The number of carboxylic acids is 1. The molecule has 12 heteroatoms. The van der Waals surface area contributed by atoms with Crippen LogP contribution in [0.5, 0.6) is 0 Å². The fourth-order valence-corrected chi connectivity index (χ4v) is 8.75. The quantitative estimate of drug-likeness (QED) is 0.0228. The third-order valence-electron chi connectivity index (χ3n) is 13.3. The van der Waals surface area contributed by atoms with Gasteiger partial charge >= 0.3 is 23.9 Å². The fraction of sp³-hybridized carbons (Fsp3) is 0.746. The molecule has 1 fully saturated rings. The third kappa shape index (κ3) is 41.0. The number of aliphatic carboxylic acids is 1. The molecule has 0 radical (unpaired) electrons. The molecule has 1 rings (SSSR count). The summed E-state index contributed by atoms with van der Waals surface area (Å²) in [6.45, 7) is 5.81. The van der Waals surface area contributed by atoms with Gasteiger partial charge in [0.05, 0.1) is 6.61 Å². The molecule has 430 valence electrons. The van der Waals surface area contributed by atoms with E-state index >= 15 is 0 Å². The SMILES string of the molecule is CC/C=C\C/C=C\C/C=C\C/C=C\C/C=C\C/C=C\CCC(=O)OCC(COC1OC(C(=O)O)C(O)C(O)C1OC(=O)CCCCCCCCCCCCCCCCC)OC(=O)CCCCCCCCCCCCC. The average Bonchev–Trinajstić information content (AvgIpc) is 3.39. The molecule has 3 N–H and O–H groups in total. The van der Waals surface area contributed by atoms with Crippen molar-refractivity contribution in [3.8, 4) is 0 Å². The van der Waals surface area contributed by atoms with Crippen LogP contribution >= 0.6 is 0 Å². The van der Waals surface area contributed by atoms with Crippen molar-refractivity contribution in [2.75, 3.05) is 13.2 Å². The van der Waals surface area contributed by atoms with Gasteiger partial charge in [-0.2, -0.15) is 0 Å². The van der Waals surface area contributed by atoms with Crippen LogP contribution in [0, 0.1) is 0 Å². The lowest BCUT2D eigenvalue weighted by molar-refractivity contribution is -0.301. The van der Waals surface area contributed by atoms with Crippen LogP contribution in [0.2, 0.25) is 0 Å². The van der Waals surface area contributed by atoms with Crippen LogP contribution in [0.25, 0.3) is 0 Å². The van der Waals surface area contributed by atoms with E-state index in [-0.39, 0.29) is 25.9 Å². The van der Waals surface area contributed by atoms with E-state index in [2.05, 4.69) is 81.5 Å². The van der Waals surface area contributed by atoms with E-state index in [4.69, 9.17) is 23.7 Å². The van der Waals surface area contributed by atoms with Crippen LogP contribution in [0.15, 0.2) is 72.9 Å². The van der Waals surface area contributed by atoms with E-state index < -0.39 is 67.3 Å². The van der Waals surface area contributed by atoms with Gasteiger partial charge in [-0.1, -0.05) is 248 Å². The minimum absolute atomic E-state index is 0.0560. The first kappa shape index (κ1) is 69.2. The molecule has 1 heterocycles. The second kappa shape index (κ2) is 50.9. The van der Waals surface area contributed by atoms with Crippen molar-refractivity contribution < 1.29 is 58.2 Å². The Bertz CT molecular complexity index is 1580. The number of hydrogen-bond donors (Lipinski definition) is 3. The van der Waals surface area contributed by atoms with Crippen LogP contribution in [-0.4, -0.2) is 89.2 Å². The van der Waals surface area contributed by atoms with Gasteiger partial charge in [0.25, 0.3) is 0 Å². The Morgan fingerprint density at radius 1 is 0.453 bits per heavy atom. The molecule has 0 aliphatic carbocycles. The summed E-state index contributed by atoms with van der Waals surface area (Å²) in [6.07, 6.45) is 51.7. The smallest absolute Gasteiger partial charge is 0.335 e. The molecule has 0 aromatic carbocycles. The number of carbonyl (C=O) groups is 4. The van der Waals surface area contributed by atoms with Crippen molar-refractivity contribution in [2.24, 2.45) is 0 Å². The van der Waals surface area contributed by atoms with Gasteiger partial charge < -0.3 is 39.0 Å². The first-order chi connectivity index (χ1) is 36.6. The summed E-state index contributed by atoms with van der Waals surface area (Å²) in [4.78, 5) is 51.0. The Kier molecular flexibility index (Phi) is 47.0. The molecule has 0 amide bonds. The number of unbranched alkanes of at least 4 members (excludes halogenated alkanes) is 24. The minimum Gasteiger partial charge on any atom is -0.479 e. The average molecular weight is 1060 g/mol. The van der Waals surface area contributed by atoms with Crippen molar-refractivity contribution >= 4 is 23.9 Å². The van der Waals surface area contributed by atoms with E-state index in [1.165, 1.54) is 109 Å². The minimum atomic E-state index is -1.91. The number of hydrogen-bond acceptors (Lipinski definition) is 11. The Balaban J connectivity index is 2.71. The Morgan fingerprint density at radius 3 is 1.25 bits per heavy atom. The number of carboxylic acid groups (broad SMARTS) is 1. The molecule has 0 aromatic rings.